The maximum Gasteiger partial charge on any atom is 0.160 e. The summed E-state index contributed by atoms with van der Waals surface area (Å²) in [4.78, 5) is 2.38. The summed E-state index contributed by atoms with van der Waals surface area (Å²) in [6, 6.07) is 3.58. The summed E-state index contributed by atoms with van der Waals surface area (Å²) in [5.74, 6) is -0.584. The molecular formula is C14H19Cl2FN2O. The van der Waals surface area contributed by atoms with Gasteiger partial charge in [0.2, 0.25) is 0 Å². The first-order valence-electron chi connectivity index (χ1n) is 6.71. The zero-order valence-corrected chi connectivity index (χ0v) is 13.1. The maximum atomic E-state index is 13.3. The molecule has 0 radical (unpaired) electrons. The van der Waals surface area contributed by atoms with Crippen molar-refractivity contribution < 1.29 is 9.13 Å². The molecule has 0 saturated carbocycles. The third kappa shape index (κ3) is 3.98. The average molecular weight is 321 g/mol. The number of hydrogen-bond acceptors (Lipinski definition) is 3. The summed E-state index contributed by atoms with van der Waals surface area (Å²) in [5.41, 5.74) is 0.701. The van der Waals surface area contributed by atoms with Crippen molar-refractivity contribution in [3.05, 3.63) is 28.0 Å². The number of ether oxygens (including phenoxy) is 1. The van der Waals surface area contributed by atoms with Crippen LogP contribution < -0.4 is 5.32 Å². The third-order valence-electron chi connectivity index (χ3n) is 3.42. The number of nitrogens with one attached hydrogen (secondary N) is 1. The predicted molar refractivity (Wildman–Crippen MR) is 81.4 cm³/mol. The summed E-state index contributed by atoms with van der Waals surface area (Å²) < 4.78 is 19.0. The molecule has 0 spiro atoms. The number of rotatable bonds is 4. The van der Waals surface area contributed by atoms with Crippen molar-refractivity contribution in [1.82, 2.24) is 4.90 Å². The van der Waals surface area contributed by atoms with Gasteiger partial charge in [0, 0.05) is 31.4 Å². The Morgan fingerprint density at radius 1 is 1.40 bits per heavy atom. The van der Waals surface area contributed by atoms with Gasteiger partial charge in [0.15, 0.2) is 5.82 Å². The highest BCUT2D eigenvalue weighted by atomic mass is 35.5. The van der Waals surface area contributed by atoms with E-state index in [0.29, 0.717) is 18.3 Å². The largest absolute Gasteiger partial charge is 0.382 e. The molecule has 1 aliphatic rings. The van der Waals surface area contributed by atoms with Gasteiger partial charge in [-0.2, -0.15) is 0 Å². The van der Waals surface area contributed by atoms with Crippen LogP contribution in [0.4, 0.5) is 10.1 Å². The molecule has 112 valence electrons. The van der Waals surface area contributed by atoms with E-state index in [-0.39, 0.29) is 16.1 Å². The maximum absolute atomic E-state index is 13.3. The van der Waals surface area contributed by atoms with Crippen LogP contribution >= 0.6 is 23.2 Å². The molecule has 1 N–H and O–H groups in total. The van der Waals surface area contributed by atoms with Crippen molar-refractivity contribution in [3.63, 3.8) is 0 Å². The number of anilines is 1. The molecule has 3 nitrogen and oxygen atoms in total. The van der Waals surface area contributed by atoms with E-state index in [1.54, 1.807) is 0 Å². The van der Waals surface area contributed by atoms with Crippen LogP contribution in [0.3, 0.4) is 0 Å². The summed E-state index contributed by atoms with van der Waals surface area (Å²) in [6.45, 7) is 7.57. The fourth-order valence-corrected chi connectivity index (χ4v) is 2.71. The molecule has 20 heavy (non-hydrogen) atoms. The standard InChI is InChI=1S/C14H19Cl2FN2O/c1-9(2)19-3-4-20-11(8-19)7-18-10-5-12(15)14(17)13(16)6-10/h5-6,9,11,18H,3-4,7-8H2,1-2H3. The van der Waals surface area contributed by atoms with Crippen LogP contribution in [0.1, 0.15) is 13.8 Å². The fourth-order valence-electron chi connectivity index (χ4n) is 2.22. The number of benzene rings is 1. The van der Waals surface area contributed by atoms with Crippen LogP contribution in [0.25, 0.3) is 0 Å². The van der Waals surface area contributed by atoms with E-state index in [2.05, 4.69) is 24.1 Å². The molecule has 1 aliphatic heterocycles. The monoisotopic (exact) mass is 320 g/mol. The highest BCUT2D eigenvalue weighted by Crippen LogP contribution is 2.27. The van der Waals surface area contributed by atoms with Crippen molar-refractivity contribution in [2.45, 2.75) is 26.0 Å². The molecule has 0 aliphatic carbocycles. The molecule has 0 bridgehead atoms. The first-order chi connectivity index (χ1) is 9.47. The summed E-state index contributed by atoms with van der Waals surface area (Å²) in [5, 5.41) is 3.24. The normalized spacial score (nSPS) is 20.4. The Morgan fingerprint density at radius 2 is 2.05 bits per heavy atom. The number of hydrogen-bond donors (Lipinski definition) is 1. The quantitative estimate of drug-likeness (QED) is 0.857. The summed E-state index contributed by atoms with van der Waals surface area (Å²) in [7, 11) is 0. The molecule has 0 aromatic heterocycles. The Morgan fingerprint density at radius 3 is 2.65 bits per heavy atom. The van der Waals surface area contributed by atoms with Gasteiger partial charge in [0.1, 0.15) is 0 Å². The molecule has 0 amide bonds. The number of morpholine rings is 1. The Balaban J connectivity index is 1.92. The van der Waals surface area contributed by atoms with Crippen molar-refractivity contribution in [3.8, 4) is 0 Å². The minimum atomic E-state index is -0.584. The van der Waals surface area contributed by atoms with E-state index in [4.69, 9.17) is 27.9 Å². The lowest BCUT2D eigenvalue weighted by Crippen LogP contribution is -2.48. The first-order valence-corrected chi connectivity index (χ1v) is 7.47. The summed E-state index contributed by atoms with van der Waals surface area (Å²) in [6.07, 6.45) is 0.105. The van der Waals surface area contributed by atoms with Crippen LogP contribution in [0.2, 0.25) is 10.0 Å². The Bertz CT molecular complexity index is 447. The molecule has 1 unspecified atom stereocenters. The van der Waals surface area contributed by atoms with Gasteiger partial charge in [-0.25, -0.2) is 4.39 Å². The zero-order valence-electron chi connectivity index (χ0n) is 11.6. The van der Waals surface area contributed by atoms with E-state index in [0.717, 1.165) is 19.7 Å². The molecule has 1 atom stereocenters. The minimum Gasteiger partial charge on any atom is -0.382 e. The van der Waals surface area contributed by atoms with E-state index in [9.17, 15) is 4.39 Å². The topological polar surface area (TPSA) is 24.5 Å². The van der Waals surface area contributed by atoms with E-state index < -0.39 is 5.82 Å². The van der Waals surface area contributed by atoms with Crippen LogP contribution in [-0.2, 0) is 4.74 Å². The molecule has 1 heterocycles. The Labute approximate surface area is 129 Å². The number of nitrogens with zero attached hydrogens (tertiary/aromatic N) is 1. The van der Waals surface area contributed by atoms with Crippen LogP contribution in [0.15, 0.2) is 12.1 Å². The lowest BCUT2D eigenvalue weighted by molar-refractivity contribution is -0.0315. The van der Waals surface area contributed by atoms with Crippen LogP contribution in [0.5, 0.6) is 0 Å². The highest BCUT2D eigenvalue weighted by molar-refractivity contribution is 6.35. The average Bonchev–Trinajstić information content (AvgIpc) is 2.42. The zero-order chi connectivity index (χ0) is 14.7. The van der Waals surface area contributed by atoms with Crippen molar-refractivity contribution in [2.75, 3.05) is 31.6 Å². The highest BCUT2D eigenvalue weighted by Gasteiger charge is 2.22. The molecule has 6 heteroatoms. The van der Waals surface area contributed by atoms with Gasteiger partial charge in [-0.3, -0.25) is 4.90 Å². The Kier molecular flexibility index (Phi) is 5.49. The Hall–Kier alpha value is -0.550. The lowest BCUT2D eigenvalue weighted by atomic mass is 10.2. The van der Waals surface area contributed by atoms with Crippen LogP contribution in [-0.4, -0.2) is 43.3 Å². The molecular weight excluding hydrogens is 302 g/mol. The van der Waals surface area contributed by atoms with Gasteiger partial charge in [0.25, 0.3) is 0 Å². The molecule has 2 rings (SSSR count). The lowest BCUT2D eigenvalue weighted by Gasteiger charge is -2.35. The SMILES string of the molecule is CC(C)N1CCOC(CNc2cc(Cl)c(F)c(Cl)c2)C1. The van der Waals surface area contributed by atoms with Gasteiger partial charge in [-0.05, 0) is 26.0 Å². The fraction of sp³-hybridized carbons (Fsp3) is 0.571. The van der Waals surface area contributed by atoms with Crippen molar-refractivity contribution in [1.29, 1.82) is 0 Å². The van der Waals surface area contributed by atoms with Crippen molar-refractivity contribution >= 4 is 28.9 Å². The second-order valence-corrected chi connectivity index (χ2v) is 6.03. The molecule has 1 aromatic rings. The van der Waals surface area contributed by atoms with Gasteiger partial charge in [-0.15, -0.1) is 0 Å². The van der Waals surface area contributed by atoms with Crippen LogP contribution in [0, 0.1) is 5.82 Å². The van der Waals surface area contributed by atoms with E-state index >= 15 is 0 Å². The molecule has 1 aromatic carbocycles. The van der Waals surface area contributed by atoms with E-state index in [1.165, 1.54) is 12.1 Å². The van der Waals surface area contributed by atoms with Gasteiger partial charge in [-0.1, -0.05) is 23.2 Å². The smallest absolute Gasteiger partial charge is 0.160 e. The summed E-state index contributed by atoms with van der Waals surface area (Å²) >= 11 is 11.5. The van der Waals surface area contributed by atoms with Gasteiger partial charge in [0.05, 0.1) is 22.8 Å². The second-order valence-electron chi connectivity index (χ2n) is 5.22. The predicted octanol–water partition coefficient (Wildman–Crippen LogP) is 3.65. The molecule has 1 saturated heterocycles. The van der Waals surface area contributed by atoms with Gasteiger partial charge >= 0.3 is 0 Å². The second kappa shape index (κ2) is 6.94. The number of halogens is 3. The minimum absolute atomic E-state index is 0.0216. The van der Waals surface area contributed by atoms with E-state index in [1.807, 2.05) is 0 Å². The van der Waals surface area contributed by atoms with Crippen molar-refractivity contribution in [2.24, 2.45) is 0 Å². The first kappa shape index (κ1) is 15.8. The molecule has 1 fully saturated rings. The van der Waals surface area contributed by atoms with Gasteiger partial charge < -0.3 is 10.1 Å². The third-order valence-corrected chi connectivity index (χ3v) is 3.97.